The molecular formula is C18H17F2NO. The third-order valence-corrected chi connectivity index (χ3v) is 4.15. The topological polar surface area (TPSA) is 20.3 Å². The van der Waals surface area contributed by atoms with Gasteiger partial charge in [-0.05, 0) is 36.1 Å². The van der Waals surface area contributed by atoms with Gasteiger partial charge in [-0.1, -0.05) is 30.3 Å². The second kappa shape index (κ2) is 5.87. The second-order valence-electron chi connectivity index (χ2n) is 5.79. The Hall–Kier alpha value is -2.23. The van der Waals surface area contributed by atoms with Crippen LogP contribution in [0.5, 0.6) is 0 Å². The van der Waals surface area contributed by atoms with Crippen LogP contribution in [0.4, 0.5) is 8.78 Å². The van der Waals surface area contributed by atoms with E-state index in [0.29, 0.717) is 5.56 Å². The Morgan fingerprint density at radius 2 is 1.82 bits per heavy atom. The molecule has 0 heterocycles. The first-order valence-electron chi connectivity index (χ1n) is 7.30. The summed E-state index contributed by atoms with van der Waals surface area (Å²) in [6.07, 6.45) is 0.770. The Bertz CT molecular complexity index is 684. The van der Waals surface area contributed by atoms with Crippen molar-refractivity contribution in [2.75, 3.05) is 7.05 Å². The van der Waals surface area contributed by atoms with Crippen LogP contribution in [0.1, 0.15) is 23.5 Å². The van der Waals surface area contributed by atoms with Crippen molar-refractivity contribution in [3.63, 3.8) is 0 Å². The summed E-state index contributed by atoms with van der Waals surface area (Å²) in [7, 11) is 1.69. The molecule has 0 bridgehead atoms. The molecule has 2 unspecified atom stereocenters. The molecular weight excluding hydrogens is 284 g/mol. The summed E-state index contributed by atoms with van der Waals surface area (Å²) in [5, 5.41) is 0. The fourth-order valence-electron chi connectivity index (χ4n) is 2.79. The molecule has 2 nitrogen and oxygen atoms in total. The minimum atomic E-state index is -0.298. The van der Waals surface area contributed by atoms with Crippen molar-refractivity contribution in [2.45, 2.75) is 18.9 Å². The molecule has 2 aromatic rings. The third kappa shape index (κ3) is 3.01. The molecule has 1 amide bonds. The first-order valence-corrected chi connectivity index (χ1v) is 7.30. The first kappa shape index (κ1) is 14.7. The Morgan fingerprint density at radius 3 is 2.50 bits per heavy atom. The number of hydrogen-bond donors (Lipinski definition) is 0. The van der Waals surface area contributed by atoms with Gasteiger partial charge in [-0.2, -0.15) is 0 Å². The highest BCUT2D eigenvalue weighted by Crippen LogP contribution is 2.48. The molecule has 114 valence electrons. The van der Waals surface area contributed by atoms with Crippen molar-refractivity contribution in [3.05, 3.63) is 71.3 Å². The van der Waals surface area contributed by atoms with E-state index in [0.717, 1.165) is 12.0 Å². The van der Waals surface area contributed by atoms with Crippen LogP contribution in [0.2, 0.25) is 0 Å². The number of carbonyl (C=O) groups excluding carboxylic acids is 1. The van der Waals surface area contributed by atoms with Crippen molar-refractivity contribution >= 4 is 5.91 Å². The van der Waals surface area contributed by atoms with Crippen molar-refractivity contribution in [1.29, 1.82) is 0 Å². The molecule has 2 aromatic carbocycles. The number of halogens is 2. The number of rotatable bonds is 4. The van der Waals surface area contributed by atoms with Gasteiger partial charge in [0.2, 0.25) is 5.91 Å². The maximum Gasteiger partial charge on any atom is 0.226 e. The highest BCUT2D eigenvalue weighted by Gasteiger charge is 2.45. The number of nitrogens with zero attached hydrogens (tertiary/aromatic N) is 1. The lowest BCUT2D eigenvalue weighted by molar-refractivity contribution is -0.131. The van der Waals surface area contributed by atoms with Crippen LogP contribution in [-0.2, 0) is 11.3 Å². The van der Waals surface area contributed by atoms with Gasteiger partial charge in [-0.25, -0.2) is 8.78 Å². The fraction of sp³-hybridized carbons (Fsp3) is 0.278. The van der Waals surface area contributed by atoms with E-state index in [1.54, 1.807) is 42.3 Å². The molecule has 1 aliphatic carbocycles. The molecule has 4 heteroatoms. The van der Waals surface area contributed by atoms with Crippen molar-refractivity contribution in [1.82, 2.24) is 4.90 Å². The number of hydrogen-bond acceptors (Lipinski definition) is 1. The molecule has 0 aliphatic heterocycles. The average molecular weight is 301 g/mol. The summed E-state index contributed by atoms with van der Waals surface area (Å²) in [5.74, 6) is -0.493. The first-order chi connectivity index (χ1) is 10.6. The zero-order valence-corrected chi connectivity index (χ0v) is 12.3. The average Bonchev–Trinajstić information content (AvgIpc) is 3.30. The van der Waals surface area contributed by atoms with Crippen LogP contribution in [0.25, 0.3) is 0 Å². The van der Waals surface area contributed by atoms with Gasteiger partial charge >= 0.3 is 0 Å². The van der Waals surface area contributed by atoms with E-state index in [1.807, 2.05) is 0 Å². The van der Waals surface area contributed by atoms with Crippen molar-refractivity contribution in [3.8, 4) is 0 Å². The van der Waals surface area contributed by atoms with E-state index in [4.69, 9.17) is 0 Å². The lowest BCUT2D eigenvalue weighted by Crippen LogP contribution is -2.28. The number of benzene rings is 2. The predicted molar refractivity (Wildman–Crippen MR) is 80.1 cm³/mol. The highest BCUT2D eigenvalue weighted by molar-refractivity contribution is 5.82. The van der Waals surface area contributed by atoms with E-state index >= 15 is 0 Å². The molecule has 1 fully saturated rings. The molecule has 22 heavy (non-hydrogen) atoms. The van der Waals surface area contributed by atoms with Crippen LogP contribution < -0.4 is 0 Å². The van der Waals surface area contributed by atoms with Gasteiger partial charge in [0.1, 0.15) is 11.6 Å². The minimum absolute atomic E-state index is 0.0116. The Labute approximate surface area is 128 Å². The van der Waals surface area contributed by atoms with E-state index in [1.165, 1.54) is 18.2 Å². The van der Waals surface area contributed by atoms with E-state index in [2.05, 4.69) is 0 Å². The van der Waals surface area contributed by atoms with Crippen LogP contribution in [-0.4, -0.2) is 17.9 Å². The number of carbonyl (C=O) groups is 1. The summed E-state index contributed by atoms with van der Waals surface area (Å²) in [6, 6.07) is 12.8. The summed E-state index contributed by atoms with van der Waals surface area (Å²) in [6.45, 7) is 0.262. The Kier molecular flexibility index (Phi) is 3.92. The summed E-state index contributed by atoms with van der Waals surface area (Å²) < 4.78 is 26.6. The maximum atomic E-state index is 13.6. The molecule has 0 saturated heterocycles. The molecule has 0 spiro atoms. The normalized spacial score (nSPS) is 19.8. The largest absolute Gasteiger partial charge is 0.341 e. The van der Waals surface area contributed by atoms with E-state index in [9.17, 15) is 13.6 Å². The molecule has 0 N–H and O–H groups in total. The zero-order valence-electron chi connectivity index (χ0n) is 12.3. The quantitative estimate of drug-likeness (QED) is 0.842. The van der Waals surface area contributed by atoms with Crippen LogP contribution >= 0.6 is 0 Å². The van der Waals surface area contributed by atoms with Crippen molar-refractivity contribution < 1.29 is 13.6 Å². The fourth-order valence-corrected chi connectivity index (χ4v) is 2.79. The van der Waals surface area contributed by atoms with Crippen LogP contribution in [0, 0.1) is 17.6 Å². The predicted octanol–water partition coefficient (Wildman–Crippen LogP) is 3.73. The standard InChI is InChI=1S/C18H17F2NO/c1-21(11-13-4-2-3-5-17(13)20)18(22)16-10-15(16)12-6-8-14(19)9-7-12/h2-9,15-16H,10-11H2,1H3. The Balaban J connectivity index is 1.63. The van der Waals surface area contributed by atoms with Gasteiger partial charge in [0.25, 0.3) is 0 Å². The SMILES string of the molecule is CN(Cc1ccccc1F)C(=O)C1CC1c1ccc(F)cc1. The lowest BCUT2D eigenvalue weighted by Gasteiger charge is -2.17. The summed E-state index contributed by atoms with van der Waals surface area (Å²) >= 11 is 0. The van der Waals surface area contributed by atoms with Gasteiger partial charge in [0.05, 0.1) is 0 Å². The monoisotopic (exact) mass is 301 g/mol. The molecule has 1 aliphatic rings. The van der Waals surface area contributed by atoms with Crippen LogP contribution in [0.3, 0.4) is 0 Å². The molecule has 0 radical (unpaired) electrons. The molecule has 2 atom stereocenters. The van der Waals surface area contributed by atoms with Gasteiger partial charge in [0, 0.05) is 25.1 Å². The summed E-state index contributed by atoms with van der Waals surface area (Å²) in [5.41, 5.74) is 1.50. The van der Waals surface area contributed by atoms with E-state index in [-0.39, 0.29) is 35.9 Å². The lowest BCUT2D eigenvalue weighted by atomic mass is 10.1. The van der Waals surface area contributed by atoms with Gasteiger partial charge in [0.15, 0.2) is 0 Å². The minimum Gasteiger partial charge on any atom is -0.341 e. The van der Waals surface area contributed by atoms with Crippen LogP contribution in [0.15, 0.2) is 48.5 Å². The second-order valence-corrected chi connectivity index (χ2v) is 5.79. The molecule has 1 saturated carbocycles. The van der Waals surface area contributed by atoms with Gasteiger partial charge < -0.3 is 4.90 Å². The molecule has 0 aromatic heterocycles. The highest BCUT2D eigenvalue weighted by atomic mass is 19.1. The Morgan fingerprint density at radius 1 is 1.14 bits per heavy atom. The zero-order chi connectivity index (χ0) is 15.7. The smallest absolute Gasteiger partial charge is 0.226 e. The number of amides is 1. The van der Waals surface area contributed by atoms with Gasteiger partial charge in [-0.3, -0.25) is 4.79 Å². The summed E-state index contributed by atoms with van der Waals surface area (Å²) in [4.78, 5) is 14.0. The van der Waals surface area contributed by atoms with Crippen molar-refractivity contribution in [2.24, 2.45) is 5.92 Å². The third-order valence-electron chi connectivity index (χ3n) is 4.15. The molecule has 3 rings (SSSR count). The maximum absolute atomic E-state index is 13.6. The van der Waals surface area contributed by atoms with E-state index < -0.39 is 0 Å². The van der Waals surface area contributed by atoms with Gasteiger partial charge in [-0.15, -0.1) is 0 Å².